The third-order valence-electron chi connectivity index (χ3n) is 3.75. The van der Waals surface area contributed by atoms with E-state index in [1.54, 1.807) is 0 Å². The Kier molecular flexibility index (Phi) is 4.59. The Morgan fingerprint density at radius 2 is 1.80 bits per heavy atom. The first-order valence-electron chi connectivity index (χ1n) is 7.53. The monoisotopic (exact) mass is 375 g/mol. The second kappa shape index (κ2) is 6.55. The number of nitrogens with one attached hydrogen (secondary N) is 2. The molecule has 0 saturated heterocycles. The van der Waals surface area contributed by atoms with Gasteiger partial charge in [0, 0.05) is 5.56 Å². The van der Waals surface area contributed by atoms with Crippen LogP contribution in [0, 0.1) is 13.8 Å². The molecule has 2 aromatic carbocycles. The van der Waals surface area contributed by atoms with E-state index in [0.717, 1.165) is 21.3 Å². The molecule has 3 aromatic rings. The molecule has 0 atom stereocenters. The van der Waals surface area contributed by atoms with E-state index in [4.69, 9.17) is 0 Å². The van der Waals surface area contributed by atoms with Crippen molar-refractivity contribution in [2.75, 3.05) is 12.4 Å². The molecule has 1 heterocycles. The van der Waals surface area contributed by atoms with Gasteiger partial charge in [-0.25, -0.2) is 18.1 Å². The third kappa shape index (κ3) is 3.55. The second-order valence-corrected chi connectivity index (χ2v) is 8.55. The molecule has 1 aromatic heterocycles. The molecule has 3 rings (SSSR count). The summed E-state index contributed by atoms with van der Waals surface area (Å²) in [6.07, 6.45) is 0. The first kappa shape index (κ1) is 17.5. The van der Waals surface area contributed by atoms with E-state index in [2.05, 4.69) is 21.1 Å². The highest BCUT2D eigenvalue weighted by atomic mass is 32.2. The number of aromatic nitrogens is 1. The number of amides is 1. The summed E-state index contributed by atoms with van der Waals surface area (Å²) < 4.78 is 26.7. The predicted molar refractivity (Wildman–Crippen MR) is 99.7 cm³/mol. The molecule has 0 bridgehead atoms. The first-order valence-corrected chi connectivity index (χ1v) is 9.83. The molecule has 0 unspecified atom stereocenters. The number of fused-ring (bicyclic) bond motifs is 1. The van der Waals surface area contributed by atoms with E-state index in [9.17, 15) is 13.2 Å². The Bertz CT molecular complexity index is 1050. The number of benzene rings is 2. The lowest BCUT2D eigenvalue weighted by atomic mass is 10.1. The van der Waals surface area contributed by atoms with Crippen LogP contribution in [0.15, 0.2) is 41.3 Å². The minimum absolute atomic E-state index is 0.109. The van der Waals surface area contributed by atoms with Gasteiger partial charge in [0.15, 0.2) is 5.13 Å². The van der Waals surface area contributed by atoms with Gasteiger partial charge >= 0.3 is 0 Å². The summed E-state index contributed by atoms with van der Waals surface area (Å²) >= 11 is 1.41. The normalized spacial score (nSPS) is 11.6. The van der Waals surface area contributed by atoms with Crippen LogP contribution in [-0.4, -0.2) is 26.4 Å². The fourth-order valence-electron chi connectivity index (χ4n) is 2.50. The van der Waals surface area contributed by atoms with Gasteiger partial charge in [-0.05, 0) is 62.4 Å². The van der Waals surface area contributed by atoms with Crippen LogP contribution in [0.2, 0.25) is 0 Å². The maximum Gasteiger partial charge on any atom is 0.257 e. The van der Waals surface area contributed by atoms with E-state index < -0.39 is 10.0 Å². The van der Waals surface area contributed by atoms with Gasteiger partial charge in [-0.2, -0.15) is 0 Å². The average Bonchev–Trinajstić information content (AvgIpc) is 2.97. The van der Waals surface area contributed by atoms with Crippen LogP contribution in [-0.2, 0) is 10.0 Å². The van der Waals surface area contributed by atoms with Gasteiger partial charge in [0.1, 0.15) is 0 Å². The summed E-state index contributed by atoms with van der Waals surface area (Å²) in [5.74, 6) is -0.332. The van der Waals surface area contributed by atoms with Crippen molar-refractivity contribution in [3.63, 3.8) is 0 Å². The van der Waals surface area contributed by atoms with Gasteiger partial charge in [-0.3, -0.25) is 10.1 Å². The van der Waals surface area contributed by atoms with Crippen LogP contribution in [0.5, 0.6) is 0 Å². The minimum atomic E-state index is -3.52. The molecule has 130 valence electrons. The molecule has 6 nitrogen and oxygen atoms in total. The quantitative estimate of drug-likeness (QED) is 0.733. The number of sulfonamides is 1. The van der Waals surface area contributed by atoms with Gasteiger partial charge < -0.3 is 0 Å². The van der Waals surface area contributed by atoms with E-state index in [-0.39, 0.29) is 10.8 Å². The molecular formula is C17H17N3O3S2. The molecule has 0 saturated carbocycles. The van der Waals surface area contributed by atoms with Crippen LogP contribution >= 0.6 is 11.3 Å². The minimum Gasteiger partial charge on any atom is -0.298 e. The molecule has 2 N–H and O–H groups in total. The molecule has 0 aliphatic heterocycles. The van der Waals surface area contributed by atoms with Crippen molar-refractivity contribution in [3.8, 4) is 0 Å². The highest BCUT2D eigenvalue weighted by molar-refractivity contribution is 7.89. The molecular weight excluding hydrogens is 358 g/mol. The fourth-order valence-corrected chi connectivity index (χ4v) is 4.26. The summed E-state index contributed by atoms with van der Waals surface area (Å²) in [5.41, 5.74) is 3.45. The topological polar surface area (TPSA) is 88.2 Å². The highest BCUT2D eigenvalue weighted by Crippen LogP contribution is 2.29. The molecule has 0 aliphatic rings. The molecule has 0 spiro atoms. The molecule has 0 aliphatic carbocycles. The maximum atomic E-state index is 12.4. The van der Waals surface area contributed by atoms with Crippen LogP contribution in [0.1, 0.15) is 21.5 Å². The largest absolute Gasteiger partial charge is 0.298 e. The molecule has 0 fully saturated rings. The Morgan fingerprint density at radius 3 is 2.44 bits per heavy atom. The van der Waals surface area contributed by atoms with Crippen LogP contribution in [0.3, 0.4) is 0 Å². The summed E-state index contributed by atoms with van der Waals surface area (Å²) in [7, 11) is -2.18. The van der Waals surface area contributed by atoms with Gasteiger partial charge in [0.05, 0.1) is 15.1 Å². The van der Waals surface area contributed by atoms with Crippen molar-refractivity contribution in [2.24, 2.45) is 0 Å². The summed E-state index contributed by atoms with van der Waals surface area (Å²) in [5, 5.41) is 3.28. The summed E-state index contributed by atoms with van der Waals surface area (Å²) in [4.78, 5) is 16.9. The molecule has 25 heavy (non-hydrogen) atoms. The van der Waals surface area contributed by atoms with Gasteiger partial charge in [-0.1, -0.05) is 17.4 Å². The van der Waals surface area contributed by atoms with E-state index in [1.165, 1.54) is 42.6 Å². The summed E-state index contributed by atoms with van der Waals surface area (Å²) in [6.45, 7) is 4.01. The second-order valence-electron chi connectivity index (χ2n) is 5.63. The highest BCUT2D eigenvalue weighted by Gasteiger charge is 2.14. The van der Waals surface area contributed by atoms with Crippen molar-refractivity contribution in [3.05, 3.63) is 53.1 Å². The lowest BCUT2D eigenvalue weighted by molar-refractivity contribution is 0.102. The maximum absolute atomic E-state index is 12.4. The van der Waals surface area contributed by atoms with Crippen molar-refractivity contribution < 1.29 is 13.2 Å². The standard InChI is InChI=1S/C17H17N3O3S2/c1-10-8-11(2)15-14(9-10)24-17(19-15)20-16(21)12-4-6-13(7-5-12)25(22,23)18-3/h4-9,18H,1-3H3,(H,19,20,21). The van der Waals surface area contributed by atoms with Crippen molar-refractivity contribution in [2.45, 2.75) is 18.7 Å². The zero-order valence-corrected chi connectivity index (χ0v) is 15.6. The van der Waals surface area contributed by atoms with E-state index >= 15 is 0 Å². The number of carbonyl (C=O) groups excluding carboxylic acids is 1. The molecule has 8 heteroatoms. The zero-order chi connectivity index (χ0) is 18.2. The van der Waals surface area contributed by atoms with Crippen molar-refractivity contribution in [1.29, 1.82) is 0 Å². The number of thiazole rings is 1. The van der Waals surface area contributed by atoms with Crippen LogP contribution in [0.25, 0.3) is 10.2 Å². The molecule has 0 radical (unpaired) electrons. The number of hydrogen-bond donors (Lipinski definition) is 2. The SMILES string of the molecule is CNS(=O)(=O)c1ccc(C(=O)Nc2nc3c(C)cc(C)cc3s2)cc1. The lowest BCUT2D eigenvalue weighted by Gasteiger charge is -2.04. The number of anilines is 1. The van der Waals surface area contributed by atoms with E-state index in [1.807, 2.05) is 19.9 Å². The van der Waals surface area contributed by atoms with Crippen LogP contribution < -0.4 is 10.0 Å². The fraction of sp³-hybridized carbons (Fsp3) is 0.176. The number of rotatable bonds is 4. The van der Waals surface area contributed by atoms with E-state index in [0.29, 0.717) is 10.7 Å². The number of nitrogens with zero attached hydrogens (tertiary/aromatic N) is 1. The number of hydrogen-bond acceptors (Lipinski definition) is 5. The van der Waals surface area contributed by atoms with Crippen molar-refractivity contribution in [1.82, 2.24) is 9.71 Å². The van der Waals surface area contributed by atoms with Gasteiger partial charge in [-0.15, -0.1) is 0 Å². The van der Waals surface area contributed by atoms with Gasteiger partial charge in [0.25, 0.3) is 5.91 Å². The summed E-state index contributed by atoms with van der Waals surface area (Å²) in [6, 6.07) is 9.82. The number of aryl methyl sites for hydroxylation is 2. The Hall–Kier alpha value is -2.29. The first-order chi connectivity index (χ1) is 11.8. The Morgan fingerprint density at radius 1 is 1.12 bits per heavy atom. The predicted octanol–water partition coefficient (Wildman–Crippen LogP) is 3.07. The molecule has 1 amide bonds. The smallest absolute Gasteiger partial charge is 0.257 e. The number of carbonyl (C=O) groups is 1. The lowest BCUT2D eigenvalue weighted by Crippen LogP contribution is -2.19. The third-order valence-corrected chi connectivity index (χ3v) is 6.09. The average molecular weight is 375 g/mol. The zero-order valence-electron chi connectivity index (χ0n) is 14.0. The van der Waals surface area contributed by atoms with Crippen molar-refractivity contribution >= 4 is 42.6 Å². The Balaban J connectivity index is 1.84. The Labute approximate surface area is 150 Å². The van der Waals surface area contributed by atoms with Gasteiger partial charge in [0.2, 0.25) is 10.0 Å². The van der Waals surface area contributed by atoms with Crippen LogP contribution in [0.4, 0.5) is 5.13 Å².